The van der Waals surface area contributed by atoms with Gasteiger partial charge in [0.15, 0.2) is 0 Å². The van der Waals surface area contributed by atoms with Gasteiger partial charge in [-0.15, -0.1) is 0 Å². The normalized spacial score (nSPS) is 21.1. The summed E-state index contributed by atoms with van der Waals surface area (Å²) in [5, 5.41) is 27.6. The van der Waals surface area contributed by atoms with Crippen LogP contribution >= 0.6 is 15.9 Å². The van der Waals surface area contributed by atoms with Crippen LogP contribution in [0.5, 0.6) is 0 Å². The van der Waals surface area contributed by atoms with E-state index in [1.54, 1.807) is 0 Å². The summed E-state index contributed by atoms with van der Waals surface area (Å²) in [5.41, 5.74) is -3.35. The van der Waals surface area contributed by atoms with Crippen molar-refractivity contribution in [3.63, 3.8) is 0 Å². The first-order valence-electron chi connectivity index (χ1n) is 6.42. The number of aliphatic hydroxyl groups is 1. The van der Waals surface area contributed by atoms with Crippen molar-refractivity contribution in [2.45, 2.75) is 38.7 Å². The Labute approximate surface area is 141 Å². The maximum atomic E-state index is 13.1. The lowest BCUT2D eigenvalue weighted by molar-refractivity contribution is -0.390. The van der Waals surface area contributed by atoms with Crippen LogP contribution in [0.3, 0.4) is 0 Å². The smallest absolute Gasteiger partial charge is 0.362 e. The zero-order valence-electron chi connectivity index (χ0n) is 12.3. The molecule has 132 valence electrons. The Kier molecular flexibility index (Phi) is 4.43. The highest BCUT2D eigenvalue weighted by atomic mass is 79.9. The first kappa shape index (κ1) is 18.3. The summed E-state index contributed by atoms with van der Waals surface area (Å²) in [6, 6.07) is 0. The number of alkyl halides is 3. The lowest BCUT2D eigenvalue weighted by Crippen LogP contribution is -2.57. The van der Waals surface area contributed by atoms with E-state index in [0.29, 0.717) is 0 Å². The van der Waals surface area contributed by atoms with Crippen LogP contribution in [-0.2, 0) is 11.3 Å². The van der Waals surface area contributed by atoms with E-state index in [4.69, 9.17) is 0 Å². The van der Waals surface area contributed by atoms with Crippen LogP contribution < -0.4 is 0 Å². The number of hydrogen-bond donors (Lipinski definition) is 1. The molecule has 0 radical (unpaired) electrons. The molecule has 0 unspecified atom stereocenters. The van der Waals surface area contributed by atoms with E-state index in [1.165, 1.54) is 13.8 Å². The minimum absolute atomic E-state index is 0.00693. The van der Waals surface area contributed by atoms with E-state index >= 15 is 0 Å². The molecule has 1 aromatic rings. The summed E-state index contributed by atoms with van der Waals surface area (Å²) < 4.78 is 40.1. The second-order valence-electron chi connectivity index (χ2n) is 5.17. The number of rotatable bonds is 3. The van der Waals surface area contributed by atoms with Crippen molar-refractivity contribution in [2.75, 3.05) is 0 Å². The molecule has 1 aliphatic rings. The fourth-order valence-electron chi connectivity index (χ4n) is 2.18. The van der Waals surface area contributed by atoms with Crippen molar-refractivity contribution in [1.29, 1.82) is 0 Å². The molecular weight excluding hydrogens is 403 g/mol. The number of amides is 1. The van der Waals surface area contributed by atoms with Crippen LogP contribution in [-0.4, -0.2) is 48.3 Å². The number of hydrogen-bond acceptors (Lipinski definition) is 6. The standard InChI is InChI=1S/C11H11BrF3N5O4/c1-5-3-10(22,11(13,14)15)19(16-5)7(21)4-18-6(2)8(12)9(17-18)20(23)24/h22H,3-4H2,1-2H3/t10-/m0/s1. The lowest BCUT2D eigenvalue weighted by Gasteiger charge is -2.32. The van der Waals surface area contributed by atoms with Crippen LogP contribution in [0, 0.1) is 17.0 Å². The van der Waals surface area contributed by atoms with Crippen LogP contribution in [0.1, 0.15) is 19.0 Å². The van der Waals surface area contributed by atoms with E-state index in [2.05, 4.69) is 26.1 Å². The highest BCUT2D eigenvalue weighted by Gasteiger charge is 2.62. The third-order valence-electron chi connectivity index (χ3n) is 3.39. The Morgan fingerprint density at radius 2 is 2.08 bits per heavy atom. The van der Waals surface area contributed by atoms with E-state index in [0.717, 1.165) is 4.68 Å². The van der Waals surface area contributed by atoms with E-state index in [-0.39, 0.29) is 20.9 Å². The van der Waals surface area contributed by atoms with Gasteiger partial charge in [-0.2, -0.15) is 28.0 Å². The molecule has 0 saturated carbocycles. The predicted molar refractivity (Wildman–Crippen MR) is 76.9 cm³/mol. The number of nitro groups is 1. The van der Waals surface area contributed by atoms with Crippen molar-refractivity contribution < 1.29 is 28.0 Å². The van der Waals surface area contributed by atoms with Gasteiger partial charge in [-0.1, -0.05) is 0 Å². The zero-order valence-corrected chi connectivity index (χ0v) is 13.9. The molecule has 0 saturated heterocycles. The zero-order chi connectivity index (χ0) is 18.4. The SMILES string of the molecule is CC1=NN(C(=O)Cn2nc([N+](=O)[O-])c(Br)c2C)[C@@](O)(C(F)(F)F)C1. The predicted octanol–water partition coefficient (Wildman–Crippen LogP) is 1.72. The molecule has 1 aliphatic heterocycles. The topological polar surface area (TPSA) is 114 Å². The second kappa shape index (κ2) is 5.81. The summed E-state index contributed by atoms with van der Waals surface area (Å²) in [5.74, 6) is -1.79. The second-order valence-corrected chi connectivity index (χ2v) is 5.96. The molecule has 0 aliphatic carbocycles. The van der Waals surface area contributed by atoms with Gasteiger partial charge in [0.25, 0.3) is 11.6 Å². The number of carbonyl (C=O) groups is 1. The maximum Gasteiger partial charge on any atom is 0.438 e. The Morgan fingerprint density at radius 1 is 1.50 bits per heavy atom. The summed E-state index contributed by atoms with van der Waals surface area (Å²) in [7, 11) is 0. The third-order valence-corrected chi connectivity index (χ3v) is 4.32. The Bertz CT molecular complexity index is 747. The monoisotopic (exact) mass is 413 g/mol. The van der Waals surface area contributed by atoms with E-state index < -0.39 is 41.5 Å². The van der Waals surface area contributed by atoms with Crippen LogP contribution in [0.2, 0.25) is 0 Å². The molecule has 0 fully saturated rings. The molecule has 1 aromatic heterocycles. The molecule has 1 N–H and O–H groups in total. The summed E-state index contributed by atoms with van der Waals surface area (Å²) in [6.07, 6.45) is -5.99. The van der Waals surface area contributed by atoms with Crippen LogP contribution in [0.25, 0.3) is 0 Å². The first-order chi connectivity index (χ1) is 10.9. The fraction of sp³-hybridized carbons (Fsp3) is 0.545. The number of aromatic nitrogens is 2. The van der Waals surface area contributed by atoms with Gasteiger partial charge in [-0.25, -0.2) is 0 Å². The Hall–Kier alpha value is -2.02. The van der Waals surface area contributed by atoms with Gasteiger partial charge in [0, 0.05) is 12.1 Å². The molecule has 1 atom stereocenters. The number of halogens is 4. The van der Waals surface area contributed by atoms with Crippen molar-refractivity contribution in [3.05, 3.63) is 20.3 Å². The minimum atomic E-state index is -5.12. The first-order valence-corrected chi connectivity index (χ1v) is 7.21. The van der Waals surface area contributed by atoms with Gasteiger partial charge in [0.1, 0.15) is 11.0 Å². The van der Waals surface area contributed by atoms with E-state index in [1.807, 2.05) is 0 Å². The van der Waals surface area contributed by atoms with Gasteiger partial charge in [-0.05, 0) is 34.7 Å². The largest absolute Gasteiger partial charge is 0.438 e. The van der Waals surface area contributed by atoms with Crippen LogP contribution in [0.15, 0.2) is 9.57 Å². The van der Waals surface area contributed by atoms with Gasteiger partial charge in [0.05, 0.1) is 10.8 Å². The van der Waals surface area contributed by atoms with Gasteiger partial charge in [-0.3, -0.25) is 4.79 Å². The number of nitrogens with zero attached hydrogens (tertiary/aromatic N) is 5. The van der Waals surface area contributed by atoms with Gasteiger partial charge < -0.3 is 15.2 Å². The molecule has 2 heterocycles. The Balaban J connectivity index is 2.33. The van der Waals surface area contributed by atoms with Gasteiger partial charge in [0.2, 0.25) is 0 Å². The minimum Gasteiger partial charge on any atom is -0.362 e. The molecule has 1 amide bonds. The summed E-state index contributed by atoms with van der Waals surface area (Å²) in [4.78, 5) is 22.2. The van der Waals surface area contributed by atoms with Crippen molar-refractivity contribution in [2.24, 2.45) is 5.10 Å². The van der Waals surface area contributed by atoms with E-state index in [9.17, 15) is 33.2 Å². The number of hydrazone groups is 1. The molecule has 0 bridgehead atoms. The summed E-state index contributed by atoms with van der Waals surface area (Å²) in [6.45, 7) is 1.88. The molecule has 24 heavy (non-hydrogen) atoms. The lowest BCUT2D eigenvalue weighted by atomic mass is 10.1. The number of carbonyl (C=O) groups excluding carboxylic acids is 1. The highest BCUT2D eigenvalue weighted by Crippen LogP contribution is 2.40. The average molecular weight is 414 g/mol. The molecule has 0 aromatic carbocycles. The average Bonchev–Trinajstić information content (AvgIpc) is 2.90. The van der Waals surface area contributed by atoms with Crippen LogP contribution in [0.4, 0.5) is 19.0 Å². The molecule has 9 nitrogen and oxygen atoms in total. The summed E-state index contributed by atoms with van der Waals surface area (Å²) >= 11 is 2.93. The fourth-order valence-corrected chi connectivity index (χ4v) is 2.61. The maximum absolute atomic E-state index is 13.1. The molecule has 13 heteroatoms. The third kappa shape index (κ3) is 2.88. The molecule has 2 rings (SSSR count). The quantitative estimate of drug-likeness (QED) is 0.598. The Morgan fingerprint density at radius 3 is 2.54 bits per heavy atom. The molecular formula is C11H11BrF3N5O4. The van der Waals surface area contributed by atoms with Gasteiger partial charge >= 0.3 is 12.0 Å². The molecule has 0 spiro atoms. The highest BCUT2D eigenvalue weighted by molar-refractivity contribution is 9.10. The van der Waals surface area contributed by atoms with Crippen molar-refractivity contribution in [3.8, 4) is 0 Å². The van der Waals surface area contributed by atoms with Crippen molar-refractivity contribution in [1.82, 2.24) is 14.8 Å². The van der Waals surface area contributed by atoms with Crippen molar-refractivity contribution >= 4 is 33.4 Å².